The summed E-state index contributed by atoms with van der Waals surface area (Å²) in [7, 11) is 1.64. The number of aromatic nitrogens is 1. The first kappa shape index (κ1) is 16.4. The number of halogens is 2. The molecule has 0 radical (unpaired) electrons. The zero-order valence-electron chi connectivity index (χ0n) is 12.3. The fourth-order valence-electron chi connectivity index (χ4n) is 2.23. The van der Waals surface area contributed by atoms with Crippen molar-refractivity contribution in [2.75, 3.05) is 13.7 Å². The smallest absolute Gasteiger partial charge is 0.388 e. The van der Waals surface area contributed by atoms with Crippen LogP contribution in [0.4, 0.5) is 13.6 Å². The minimum atomic E-state index is -2.92. The fourth-order valence-corrected chi connectivity index (χ4v) is 2.23. The Morgan fingerprint density at radius 2 is 2.23 bits per heavy atom. The SMILES string of the molecule is COC1(CNC(=O)NCc2ccnc(OC(F)F)c2)CCC1. The maximum atomic E-state index is 12.1. The van der Waals surface area contributed by atoms with E-state index in [0.29, 0.717) is 12.1 Å². The molecule has 0 spiro atoms. The number of carbonyl (C=O) groups is 1. The van der Waals surface area contributed by atoms with E-state index in [1.165, 1.54) is 12.3 Å². The van der Waals surface area contributed by atoms with Crippen LogP contribution >= 0.6 is 0 Å². The lowest BCUT2D eigenvalue weighted by Gasteiger charge is -2.40. The molecule has 1 aliphatic carbocycles. The van der Waals surface area contributed by atoms with Crippen LogP contribution in [0.3, 0.4) is 0 Å². The maximum Gasteiger partial charge on any atom is 0.388 e. The van der Waals surface area contributed by atoms with Crippen molar-refractivity contribution in [3.05, 3.63) is 23.9 Å². The average molecular weight is 315 g/mol. The number of ether oxygens (including phenoxy) is 2. The van der Waals surface area contributed by atoms with E-state index in [1.54, 1.807) is 13.2 Å². The zero-order valence-corrected chi connectivity index (χ0v) is 12.3. The van der Waals surface area contributed by atoms with E-state index < -0.39 is 6.61 Å². The van der Waals surface area contributed by atoms with Crippen LogP contribution in [0, 0.1) is 0 Å². The summed E-state index contributed by atoms with van der Waals surface area (Å²) in [6.07, 6.45) is 4.31. The topological polar surface area (TPSA) is 72.5 Å². The van der Waals surface area contributed by atoms with Crippen molar-refractivity contribution in [3.8, 4) is 5.88 Å². The number of rotatable bonds is 7. The first-order valence-corrected chi connectivity index (χ1v) is 7.00. The van der Waals surface area contributed by atoms with Crippen molar-refractivity contribution in [2.45, 2.75) is 38.0 Å². The van der Waals surface area contributed by atoms with E-state index in [1.807, 2.05) is 0 Å². The molecule has 2 amide bonds. The van der Waals surface area contributed by atoms with Crippen molar-refractivity contribution in [1.29, 1.82) is 0 Å². The van der Waals surface area contributed by atoms with Crippen molar-refractivity contribution >= 4 is 6.03 Å². The van der Waals surface area contributed by atoms with E-state index in [2.05, 4.69) is 20.4 Å². The first-order valence-electron chi connectivity index (χ1n) is 7.00. The van der Waals surface area contributed by atoms with Crippen LogP contribution in [0.15, 0.2) is 18.3 Å². The number of methoxy groups -OCH3 is 1. The second-order valence-electron chi connectivity index (χ2n) is 5.16. The van der Waals surface area contributed by atoms with Gasteiger partial charge in [-0.3, -0.25) is 0 Å². The van der Waals surface area contributed by atoms with Crippen molar-refractivity contribution in [3.63, 3.8) is 0 Å². The first-order chi connectivity index (χ1) is 10.5. The van der Waals surface area contributed by atoms with Crippen LogP contribution in [-0.4, -0.2) is 36.9 Å². The Kier molecular flexibility index (Phi) is 5.48. The average Bonchev–Trinajstić information content (AvgIpc) is 2.44. The molecular weight excluding hydrogens is 296 g/mol. The number of hydrogen-bond acceptors (Lipinski definition) is 4. The molecule has 0 unspecified atom stereocenters. The summed E-state index contributed by atoms with van der Waals surface area (Å²) < 4.78 is 33.8. The summed E-state index contributed by atoms with van der Waals surface area (Å²) in [5.41, 5.74) is 0.373. The number of carbonyl (C=O) groups excluding carboxylic acids is 1. The molecule has 22 heavy (non-hydrogen) atoms. The third kappa shape index (κ3) is 4.52. The van der Waals surface area contributed by atoms with Crippen LogP contribution in [0.5, 0.6) is 5.88 Å². The third-order valence-corrected chi connectivity index (χ3v) is 3.73. The molecule has 122 valence electrons. The molecule has 0 atom stereocenters. The summed E-state index contributed by atoms with van der Waals surface area (Å²) in [5.74, 6) is -0.178. The van der Waals surface area contributed by atoms with Gasteiger partial charge in [-0.15, -0.1) is 0 Å². The standard InChI is InChI=1S/C14H19F2N3O3/c1-21-14(4-2-5-14)9-19-13(20)18-8-10-3-6-17-11(7-10)22-12(15)16/h3,6-7,12H,2,4-5,8-9H2,1H3,(H2,18,19,20). The van der Waals surface area contributed by atoms with Gasteiger partial charge in [-0.05, 0) is 30.9 Å². The Labute approximate surface area is 127 Å². The molecular formula is C14H19F2N3O3. The van der Waals surface area contributed by atoms with Gasteiger partial charge in [0.25, 0.3) is 0 Å². The van der Waals surface area contributed by atoms with Gasteiger partial charge in [0.2, 0.25) is 5.88 Å². The highest BCUT2D eigenvalue weighted by Crippen LogP contribution is 2.34. The molecule has 0 aliphatic heterocycles. The molecule has 1 heterocycles. The number of hydrogen-bond donors (Lipinski definition) is 2. The predicted molar refractivity (Wildman–Crippen MR) is 74.7 cm³/mol. The normalized spacial score (nSPS) is 16.0. The van der Waals surface area contributed by atoms with Gasteiger partial charge in [-0.2, -0.15) is 8.78 Å². The molecule has 0 aromatic carbocycles. The van der Waals surface area contributed by atoms with Crippen LogP contribution in [0.1, 0.15) is 24.8 Å². The van der Waals surface area contributed by atoms with Crippen LogP contribution in [-0.2, 0) is 11.3 Å². The lowest BCUT2D eigenvalue weighted by atomic mass is 9.80. The van der Waals surface area contributed by atoms with Gasteiger partial charge in [0, 0.05) is 32.5 Å². The number of alkyl halides is 2. The largest absolute Gasteiger partial charge is 0.417 e. The molecule has 1 saturated carbocycles. The van der Waals surface area contributed by atoms with Gasteiger partial charge >= 0.3 is 12.6 Å². The van der Waals surface area contributed by atoms with E-state index in [0.717, 1.165) is 19.3 Å². The van der Waals surface area contributed by atoms with Gasteiger partial charge in [0.15, 0.2) is 0 Å². The summed E-state index contributed by atoms with van der Waals surface area (Å²) in [6.45, 7) is -2.29. The highest BCUT2D eigenvalue weighted by Gasteiger charge is 2.37. The Morgan fingerprint density at radius 1 is 1.45 bits per heavy atom. The Hall–Kier alpha value is -1.96. The van der Waals surface area contributed by atoms with E-state index in [9.17, 15) is 13.6 Å². The number of pyridine rings is 1. The molecule has 1 fully saturated rings. The Balaban J connectivity index is 1.76. The lowest BCUT2D eigenvalue weighted by molar-refractivity contribution is -0.0674. The molecule has 1 aromatic heterocycles. The second-order valence-corrected chi connectivity index (χ2v) is 5.16. The minimum Gasteiger partial charge on any atom is -0.417 e. The molecule has 1 aliphatic rings. The second kappa shape index (κ2) is 7.35. The van der Waals surface area contributed by atoms with Crippen LogP contribution < -0.4 is 15.4 Å². The summed E-state index contributed by atoms with van der Waals surface area (Å²) in [5, 5.41) is 5.40. The molecule has 6 nitrogen and oxygen atoms in total. The molecule has 0 saturated heterocycles. The van der Waals surface area contributed by atoms with E-state index >= 15 is 0 Å². The number of urea groups is 1. The van der Waals surface area contributed by atoms with Crippen LogP contribution in [0.2, 0.25) is 0 Å². The van der Waals surface area contributed by atoms with Gasteiger partial charge in [0.05, 0.1) is 5.60 Å². The summed E-state index contributed by atoms with van der Waals surface area (Å²) in [6, 6.07) is 2.63. The summed E-state index contributed by atoms with van der Waals surface area (Å²) >= 11 is 0. The molecule has 1 aromatic rings. The van der Waals surface area contributed by atoms with E-state index in [4.69, 9.17) is 4.74 Å². The fraction of sp³-hybridized carbons (Fsp3) is 0.571. The molecule has 2 N–H and O–H groups in total. The van der Waals surface area contributed by atoms with Crippen molar-refractivity contribution in [2.24, 2.45) is 0 Å². The van der Waals surface area contributed by atoms with Gasteiger partial charge in [-0.25, -0.2) is 9.78 Å². The Bertz CT molecular complexity index is 504. The monoisotopic (exact) mass is 315 g/mol. The minimum absolute atomic E-state index is 0.178. The van der Waals surface area contributed by atoms with Gasteiger partial charge in [-0.1, -0.05) is 0 Å². The van der Waals surface area contributed by atoms with Crippen molar-refractivity contribution in [1.82, 2.24) is 15.6 Å². The number of nitrogens with zero attached hydrogens (tertiary/aromatic N) is 1. The quantitative estimate of drug-likeness (QED) is 0.808. The number of nitrogens with one attached hydrogen (secondary N) is 2. The number of amides is 2. The van der Waals surface area contributed by atoms with Crippen LogP contribution in [0.25, 0.3) is 0 Å². The predicted octanol–water partition coefficient (Wildman–Crippen LogP) is 2.05. The maximum absolute atomic E-state index is 12.1. The molecule has 2 rings (SSSR count). The highest BCUT2D eigenvalue weighted by molar-refractivity contribution is 5.73. The highest BCUT2D eigenvalue weighted by atomic mass is 19.3. The zero-order chi connectivity index (χ0) is 16.0. The molecule has 0 bridgehead atoms. The van der Waals surface area contributed by atoms with Gasteiger partial charge < -0.3 is 20.1 Å². The van der Waals surface area contributed by atoms with E-state index in [-0.39, 0.29) is 24.1 Å². The van der Waals surface area contributed by atoms with Gasteiger partial charge in [0.1, 0.15) is 0 Å². The Morgan fingerprint density at radius 3 is 2.82 bits per heavy atom. The summed E-state index contributed by atoms with van der Waals surface area (Å²) in [4.78, 5) is 15.4. The third-order valence-electron chi connectivity index (χ3n) is 3.73. The molecule has 8 heteroatoms. The lowest BCUT2D eigenvalue weighted by Crippen LogP contribution is -2.51. The van der Waals surface area contributed by atoms with Crippen molar-refractivity contribution < 1.29 is 23.0 Å².